The molecule has 0 saturated carbocycles. The molecule has 0 spiro atoms. The van der Waals surface area contributed by atoms with Gasteiger partial charge in [0.2, 0.25) is 0 Å². The third-order valence-electron chi connectivity index (χ3n) is 4.14. The highest BCUT2D eigenvalue weighted by atomic mass is 16.3. The van der Waals surface area contributed by atoms with Gasteiger partial charge in [-0.1, -0.05) is 72.8 Å². The quantitative estimate of drug-likeness (QED) is 0.611. The average Bonchev–Trinajstić information content (AvgIpc) is 2.66. The van der Waals surface area contributed by atoms with Gasteiger partial charge in [0.05, 0.1) is 0 Å². The zero-order chi connectivity index (χ0) is 18.2. The highest BCUT2D eigenvalue weighted by Gasteiger charge is 1.93. The Morgan fingerprint density at radius 2 is 0.846 bits per heavy atom. The molecule has 0 saturated heterocycles. The standard InChI is InChI=1S/C24H22O2/c25-23-15-11-21(12-16-23)5-1-3-19-7-9-20(10-8-19)4-2-6-22-13-17-24(26)18-14-22/h1-4,7-18,25-26H,5-6H2. The lowest BCUT2D eigenvalue weighted by molar-refractivity contribution is 0.474. The van der Waals surface area contributed by atoms with Crippen LogP contribution in [0.15, 0.2) is 84.9 Å². The lowest BCUT2D eigenvalue weighted by Crippen LogP contribution is -1.81. The second-order valence-electron chi connectivity index (χ2n) is 6.21. The van der Waals surface area contributed by atoms with E-state index in [4.69, 9.17) is 0 Å². The molecular formula is C24H22O2. The molecule has 130 valence electrons. The van der Waals surface area contributed by atoms with Gasteiger partial charge in [-0.2, -0.15) is 0 Å². The molecule has 0 amide bonds. The fraction of sp³-hybridized carbons (Fsp3) is 0.0833. The summed E-state index contributed by atoms with van der Waals surface area (Å²) < 4.78 is 0. The van der Waals surface area contributed by atoms with Crippen LogP contribution in [0.4, 0.5) is 0 Å². The molecule has 2 nitrogen and oxygen atoms in total. The van der Waals surface area contributed by atoms with E-state index >= 15 is 0 Å². The van der Waals surface area contributed by atoms with E-state index in [0.717, 1.165) is 12.8 Å². The van der Waals surface area contributed by atoms with Crippen molar-refractivity contribution in [3.05, 3.63) is 107 Å². The molecule has 0 aliphatic rings. The maximum absolute atomic E-state index is 9.29. The van der Waals surface area contributed by atoms with Gasteiger partial charge in [0.15, 0.2) is 0 Å². The minimum atomic E-state index is 0.298. The van der Waals surface area contributed by atoms with Crippen LogP contribution in [0.2, 0.25) is 0 Å². The van der Waals surface area contributed by atoms with Gasteiger partial charge in [-0.05, 0) is 59.4 Å². The first-order chi connectivity index (χ1) is 12.7. The zero-order valence-corrected chi connectivity index (χ0v) is 14.5. The molecule has 0 unspecified atom stereocenters. The third kappa shape index (κ3) is 5.38. The number of phenolic OH excluding ortho intramolecular Hbond substituents is 2. The van der Waals surface area contributed by atoms with E-state index in [1.54, 1.807) is 24.3 Å². The Bertz CT molecular complexity index is 795. The molecule has 2 heteroatoms. The first-order valence-corrected chi connectivity index (χ1v) is 8.68. The monoisotopic (exact) mass is 342 g/mol. The maximum Gasteiger partial charge on any atom is 0.115 e. The van der Waals surface area contributed by atoms with Crippen LogP contribution < -0.4 is 0 Å². The highest BCUT2D eigenvalue weighted by Crippen LogP contribution is 2.13. The Morgan fingerprint density at radius 1 is 0.500 bits per heavy atom. The van der Waals surface area contributed by atoms with Gasteiger partial charge in [0.1, 0.15) is 11.5 Å². The second-order valence-corrected chi connectivity index (χ2v) is 6.21. The normalized spacial score (nSPS) is 11.4. The smallest absolute Gasteiger partial charge is 0.115 e. The molecule has 26 heavy (non-hydrogen) atoms. The topological polar surface area (TPSA) is 40.5 Å². The summed E-state index contributed by atoms with van der Waals surface area (Å²) in [4.78, 5) is 0. The van der Waals surface area contributed by atoms with Gasteiger partial charge in [-0.3, -0.25) is 0 Å². The third-order valence-corrected chi connectivity index (χ3v) is 4.14. The van der Waals surface area contributed by atoms with Crippen molar-refractivity contribution in [2.45, 2.75) is 12.8 Å². The summed E-state index contributed by atoms with van der Waals surface area (Å²) in [6.07, 6.45) is 10.2. The Labute approximate surface area is 154 Å². The first kappa shape index (κ1) is 17.6. The molecule has 2 N–H and O–H groups in total. The van der Waals surface area contributed by atoms with Crippen LogP contribution in [0.25, 0.3) is 12.2 Å². The lowest BCUT2D eigenvalue weighted by Gasteiger charge is -1.99. The minimum Gasteiger partial charge on any atom is -0.508 e. The van der Waals surface area contributed by atoms with E-state index in [-0.39, 0.29) is 0 Å². The van der Waals surface area contributed by atoms with E-state index in [2.05, 4.69) is 48.6 Å². The molecule has 0 aliphatic heterocycles. The summed E-state index contributed by atoms with van der Waals surface area (Å²) in [5.41, 5.74) is 4.68. The first-order valence-electron chi connectivity index (χ1n) is 8.68. The van der Waals surface area contributed by atoms with E-state index in [0.29, 0.717) is 11.5 Å². The van der Waals surface area contributed by atoms with E-state index < -0.39 is 0 Å². The van der Waals surface area contributed by atoms with Gasteiger partial charge in [0.25, 0.3) is 0 Å². The number of benzene rings is 3. The van der Waals surface area contributed by atoms with Gasteiger partial charge >= 0.3 is 0 Å². The molecule has 0 atom stereocenters. The average molecular weight is 342 g/mol. The van der Waals surface area contributed by atoms with Crippen molar-refractivity contribution in [3.8, 4) is 11.5 Å². The summed E-state index contributed by atoms with van der Waals surface area (Å²) in [6, 6.07) is 23.0. The Kier molecular flexibility index (Phi) is 5.89. The van der Waals surface area contributed by atoms with Crippen molar-refractivity contribution in [1.82, 2.24) is 0 Å². The SMILES string of the molecule is Oc1ccc(CC=Cc2ccc(C=CCc3ccc(O)cc3)cc2)cc1. The Morgan fingerprint density at radius 3 is 1.19 bits per heavy atom. The summed E-state index contributed by atoms with van der Waals surface area (Å²) in [6.45, 7) is 0. The van der Waals surface area contributed by atoms with Gasteiger partial charge in [0, 0.05) is 0 Å². The minimum absolute atomic E-state index is 0.298. The van der Waals surface area contributed by atoms with Crippen molar-refractivity contribution >= 4 is 12.2 Å². The maximum atomic E-state index is 9.29. The fourth-order valence-electron chi connectivity index (χ4n) is 2.64. The van der Waals surface area contributed by atoms with Crippen LogP contribution in [0.3, 0.4) is 0 Å². The van der Waals surface area contributed by atoms with Crippen molar-refractivity contribution < 1.29 is 10.2 Å². The summed E-state index contributed by atoms with van der Waals surface area (Å²) in [5, 5.41) is 18.6. The lowest BCUT2D eigenvalue weighted by atomic mass is 10.1. The van der Waals surface area contributed by atoms with E-state index in [1.807, 2.05) is 24.3 Å². The molecule has 3 aromatic rings. The molecule has 0 heterocycles. The second kappa shape index (κ2) is 8.72. The predicted molar refractivity (Wildman–Crippen MR) is 108 cm³/mol. The van der Waals surface area contributed by atoms with Crippen LogP contribution in [-0.4, -0.2) is 10.2 Å². The van der Waals surface area contributed by atoms with Crippen molar-refractivity contribution in [1.29, 1.82) is 0 Å². The molecule has 0 aromatic heterocycles. The number of rotatable bonds is 6. The van der Waals surface area contributed by atoms with Crippen LogP contribution in [0.5, 0.6) is 11.5 Å². The number of aromatic hydroxyl groups is 2. The molecule has 3 aromatic carbocycles. The molecule has 0 bridgehead atoms. The Hall–Kier alpha value is -3.26. The molecule has 0 aliphatic carbocycles. The van der Waals surface area contributed by atoms with Crippen LogP contribution in [-0.2, 0) is 12.8 Å². The van der Waals surface area contributed by atoms with Crippen LogP contribution in [0, 0.1) is 0 Å². The van der Waals surface area contributed by atoms with Crippen LogP contribution >= 0.6 is 0 Å². The molecule has 3 rings (SSSR count). The molecule has 0 fully saturated rings. The van der Waals surface area contributed by atoms with E-state index in [1.165, 1.54) is 22.3 Å². The number of hydrogen-bond donors (Lipinski definition) is 2. The van der Waals surface area contributed by atoms with Crippen LogP contribution in [0.1, 0.15) is 22.3 Å². The van der Waals surface area contributed by atoms with Crippen molar-refractivity contribution in [3.63, 3.8) is 0 Å². The molecular weight excluding hydrogens is 320 g/mol. The zero-order valence-electron chi connectivity index (χ0n) is 14.5. The summed E-state index contributed by atoms with van der Waals surface area (Å²) >= 11 is 0. The highest BCUT2D eigenvalue weighted by molar-refractivity contribution is 5.56. The number of phenols is 2. The van der Waals surface area contributed by atoms with Gasteiger partial charge in [-0.25, -0.2) is 0 Å². The largest absolute Gasteiger partial charge is 0.508 e. The molecule has 0 radical (unpaired) electrons. The van der Waals surface area contributed by atoms with Gasteiger partial charge < -0.3 is 10.2 Å². The number of hydrogen-bond acceptors (Lipinski definition) is 2. The summed E-state index contributed by atoms with van der Waals surface area (Å²) in [7, 11) is 0. The Balaban J connectivity index is 1.52. The predicted octanol–water partition coefficient (Wildman–Crippen LogP) is 5.61. The fourth-order valence-corrected chi connectivity index (χ4v) is 2.64. The summed E-state index contributed by atoms with van der Waals surface area (Å²) in [5.74, 6) is 0.596. The number of allylic oxidation sites excluding steroid dienone is 2. The van der Waals surface area contributed by atoms with Crippen molar-refractivity contribution in [2.24, 2.45) is 0 Å². The van der Waals surface area contributed by atoms with Crippen molar-refractivity contribution in [2.75, 3.05) is 0 Å². The van der Waals surface area contributed by atoms with Gasteiger partial charge in [-0.15, -0.1) is 0 Å². The van der Waals surface area contributed by atoms with E-state index in [9.17, 15) is 10.2 Å².